The van der Waals surface area contributed by atoms with E-state index in [4.69, 9.17) is 19.2 Å². The monoisotopic (exact) mass is 357 g/mol. The molecule has 0 aliphatic heterocycles. The molecule has 0 rings (SSSR count). The molecule has 0 bridgehead atoms. The first-order chi connectivity index (χ1) is 10.2. The summed E-state index contributed by atoms with van der Waals surface area (Å²) < 4.78 is 8.88. The van der Waals surface area contributed by atoms with Crippen molar-refractivity contribution >= 4 is 15.1 Å². The first-order valence-electron chi connectivity index (χ1n) is 8.88. The van der Waals surface area contributed by atoms with Gasteiger partial charge in [-0.3, -0.25) is 0 Å². The largest absolute Gasteiger partial charge is 0.466 e. The van der Waals surface area contributed by atoms with Crippen molar-refractivity contribution in [2.75, 3.05) is 24.6 Å². The van der Waals surface area contributed by atoms with Crippen molar-refractivity contribution in [3.05, 3.63) is 0 Å². The molecule has 0 atom stereocenters. The highest BCUT2D eigenvalue weighted by Crippen LogP contribution is 2.61. The Hall–Kier alpha value is 0.540. The minimum atomic E-state index is -4.64. The molecule has 4 nitrogen and oxygen atoms in total. The smallest absolute Gasteiger partial charge is 0.303 e. The van der Waals surface area contributed by atoms with Crippen LogP contribution in [0.25, 0.3) is 0 Å². The number of rotatable bonds is 12. The molecule has 0 saturated heterocycles. The van der Waals surface area contributed by atoms with Gasteiger partial charge in [-0.25, -0.2) is 4.57 Å². The first kappa shape index (κ1) is 24.8. The minimum absolute atomic E-state index is 0.562. The summed E-state index contributed by atoms with van der Waals surface area (Å²) in [4.78, 5) is 21.6. The molecule has 0 aromatic heterocycles. The van der Waals surface area contributed by atoms with Crippen LogP contribution in [0.2, 0.25) is 0 Å². The average Bonchev–Trinajstić information content (AvgIpc) is 2.44. The fraction of sp³-hybridized carbons (Fsp3) is 1.00. The molecular formula is C16H39O4P2+. The van der Waals surface area contributed by atoms with Gasteiger partial charge in [-0.2, -0.15) is 0 Å². The third-order valence-electron chi connectivity index (χ3n) is 3.94. The SMILES string of the molecule is CCCC[P+](CCCC)(CCCC)CCCC.O=P(O)(O)O. The van der Waals surface area contributed by atoms with Crippen molar-refractivity contribution in [1.82, 2.24) is 0 Å². The first-order valence-corrected chi connectivity index (χ1v) is 13.0. The Morgan fingerprint density at radius 2 is 0.818 bits per heavy atom. The number of phosphoric acid groups is 1. The van der Waals surface area contributed by atoms with E-state index in [2.05, 4.69) is 27.7 Å². The van der Waals surface area contributed by atoms with Crippen molar-refractivity contribution in [3.8, 4) is 0 Å². The predicted molar refractivity (Wildman–Crippen MR) is 100 cm³/mol. The van der Waals surface area contributed by atoms with Gasteiger partial charge in [0.05, 0.1) is 24.6 Å². The quantitative estimate of drug-likeness (QED) is 0.416. The Balaban J connectivity index is 0. The van der Waals surface area contributed by atoms with Gasteiger partial charge in [0.1, 0.15) is 0 Å². The zero-order valence-electron chi connectivity index (χ0n) is 15.1. The van der Waals surface area contributed by atoms with Gasteiger partial charge >= 0.3 is 7.82 Å². The number of hydrogen-bond donors (Lipinski definition) is 3. The Bertz CT molecular complexity index is 234. The Morgan fingerprint density at radius 1 is 0.636 bits per heavy atom. The maximum absolute atomic E-state index is 8.88. The van der Waals surface area contributed by atoms with E-state index >= 15 is 0 Å². The van der Waals surface area contributed by atoms with E-state index in [9.17, 15) is 0 Å². The summed E-state index contributed by atoms with van der Waals surface area (Å²) in [6, 6.07) is 0. The zero-order chi connectivity index (χ0) is 17.5. The maximum Gasteiger partial charge on any atom is 0.466 e. The number of hydrogen-bond acceptors (Lipinski definition) is 1. The van der Waals surface area contributed by atoms with Gasteiger partial charge in [-0.05, 0) is 25.7 Å². The van der Waals surface area contributed by atoms with Crippen molar-refractivity contribution in [3.63, 3.8) is 0 Å². The lowest BCUT2D eigenvalue weighted by Crippen LogP contribution is -2.12. The zero-order valence-corrected chi connectivity index (χ0v) is 16.9. The summed E-state index contributed by atoms with van der Waals surface area (Å²) in [5.41, 5.74) is 0. The van der Waals surface area contributed by atoms with E-state index in [-0.39, 0.29) is 0 Å². The molecule has 22 heavy (non-hydrogen) atoms. The van der Waals surface area contributed by atoms with Gasteiger partial charge in [-0.1, -0.05) is 53.4 Å². The van der Waals surface area contributed by atoms with Gasteiger partial charge in [0, 0.05) is 7.26 Å². The van der Waals surface area contributed by atoms with Crippen LogP contribution in [-0.4, -0.2) is 39.3 Å². The molecule has 0 radical (unpaired) electrons. The summed E-state index contributed by atoms with van der Waals surface area (Å²) in [6.07, 6.45) is 17.9. The molecule has 136 valence electrons. The van der Waals surface area contributed by atoms with E-state index in [1.165, 1.54) is 51.4 Å². The second-order valence-corrected chi connectivity index (χ2v) is 11.7. The molecule has 0 aliphatic rings. The van der Waals surface area contributed by atoms with Crippen molar-refractivity contribution in [2.45, 2.75) is 79.1 Å². The minimum Gasteiger partial charge on any atom is -0.303 e. The van der Waals surface area contributed by atoms with E-state index < -0.39 is 15.1 Å². The standard InChI is InChI=1S/C16H36P.H3O4P/c1-5-9-13-17(14-10-6-2,15-11-7-3)16-12-8-4;1-5(2,3)4/h5-16H2,1-4H3;(H3,1,2,3,4)/q+1;. The van der Waals surface area contributed by atoms with E-state index in [1.807, 2.05) is 0 Å². The van der Waals surface area contributed by atoms with Crippen molar-refractivity contribution in [2.24, 2.45) is 0 Å². The summed E-state index contributed by atoms with van der Waals surface area (Å²) in [7, 11) is -5.20. The summed E-state index contributed by atoms with van der Waals surface area (Å²) in [6.45, 7) is 9.42. The van der Waals surface area contributed by atoms with Gasteiger partial charge in [0.2, 0.25) is 0 Å². The lowest BCUT2D eigenvalue weighted by molar-refractivity contribution is 0.275. The van der Waals surface area contributed by atoms with Crippen LogP contribution in [0.3, 0.4) is 0 Å². The maximum atomic E-state index is 8.88. The Labute approximate surface area is 138 Å². The molecule has 3 N–H and O–H groups in total. The molecule has 0 spiro atoms. The normalized spacial score (nSPS) is 12.0. The topological polar surface area (TPSA) is 77.8 Å². The second kappa shape index (κ2) is 15.1. The summed E-state index contributed by atoms with van der Waals surface area (Å²) >= 11 is 0. The van der Waals surface area contributed by atoms with Crippen LogP contribution in [0.4, 0.5) is 0 Å². The van der Waals surface area contributed by atoms with Crippen molar-refractivity contribution in [1.29, 1.82) is 0 Å². The molecule has 0 fully saturated rings. The molecular weight excluding hydrogens is 318 g/mol. The number of unbranched alkanes of at least 4 members (excludes halogenated alkanes) is 4. The highest BCUT2D eigenvalue weighted by molar-refractivity contribution is 7.75. The average molecular weight is 357 g/mol. The molecule has 0 unspecified atom stereocenters. The molecule has 0 heterocycles. The molecule has 0 aliphatic carbocycles. The van der Waals surface area contributed by atoms with E-state index in [0.29, 0.717) is 0 Å². The van der Waals surface area contributed by atoms with Gasteiger partial charge in [-0.15, -0.1) is 0 Å². The van der Waals surface area contributed by atoms with Gasteiger partial charge in [0.25, 0.3) is 0 Å². The Morgan fingerprint density at radius 3 is 0.955 bits per heavy atom. The lowest BCUT2D eigenvalue weighted by Gasteiger charge is -2.28. The van der Waals surface area contributed by atoms with E-state index in [1.54, 1.807) is 24.6 Å². The van der Waals surface area contributed by atoms with Gasteiger partial charge in [0.15, 0.2) is 0 Å². The van der Waals surface area contributed by atoms with Crippen LogP contribution in [0.1, 0.15) is 79.1 Å². The summed E-state index contributed by atoms with van der Waals surface area (Å²) in [5.74, 6) is 0. The lowest BCUT2D eigenvalue weighted by atomic mass is 10.4. The highest BCUT2D eigenvalue weighted by atomic mass is 31.2. The third-order valence-corrected chi connectivity index (χ3v) is 9.00. The molecule has 0 saturated carbocycles. The molecule has 0 aromatic carbocycles. The van der Waals surface area contributed by atoms with Crippen molar-refractivity contribution < 1.29 is 19.2 Å². The molecule has 0 amide bonds. The Kier molecular flexibility index (Phi) is 17.0. The van der Waals surface area contributed by atoms with Crippen LogP contribution < -0.4 is 0 Å². The van der Waals surface area contributed by atoms with Gasteiger partial charge < -0.3 is 14.7 Å². The fourth-order valence-corrected chi connectivity index (χ4v) is 7.93. The second-order valence-electron chi connectivity index (χ2n) is 6.16. The highest BCUT2D eigenvalue weighted by Gasteiger charge is 2.34. The molecule has 0 aromatic rings. The third kappa shape index (κ3) is 18.6. The fourth-order valence-electron chi connectivity index (χ4n) is 2.64. The van der Waals surface area contributed by atoms with Crippen LogP contribution in [0, 0.1) is 0 Å². The van der Waals surface area contributed by atoms with E-state index in [0.717, 1.165) is 0 Å². The van der Waals surface area contributed by atoms with Crippen LogP contribution in [0.15, 0.2) is 0 Å². The van der Waals surface area contributed by atoms with Crippen LogP contribution in [-0.2, 0) is 4.57 Å². The van der Waals surface area contributed by atoms with Crippen LogP contribution >= 0.6 is 15.1 Å². The predicted octanol–water partition coefficient (Wildman–Crippen LogP) is 5.28. The molecule has 6 heteroatoms. The summed E-state index contributed by atoms with van der Waals surface area (Å²) in [5, 5.41) is 0. The van der Waals surface area contributed by atoms with Crippen LogP contribution in [0.5, 0.6) is 0 Å².